The van der Waals surface area contributed by atoms with E-state index in [0.717, 1.165) is 0 Å². The second kappa shape index (κ2) is 6.80. The van der Waals surface area contributed by atoms with Crippen LogP contribution >= 0.6 is 0 Å². The van der Waals surface area contributed by atoms with E-state index in [1.54, 1.807) is 24.3 Å². The molecule has 2 rings (SSSR count). The predicted molar refractivity (Wildman–Crippen MR) is 77.2 cm³/mol. The summed E-state index contributed by atoms with van der Waals surface area (Å²) in [6, 6.07) is 14.5. The highest BCUT2D eigenvalue weighted by Crippen LogP contribution is 2.10. The number of nitrogens with one attached hydrogen (secondary N) is 1. The summed E-state index contributed by atoms with van der Waals surface area (Å²) in [6.07, 6.45) is 0.563. The van der Waals surface area contributed by atoms with Gasteiger partial charge in [-0.15, -0.1) is 0 Å². The third-order valence-electron chi connectivity index (χ3n) is 2.46. The van der Waals surface area contributed by atoms with Crippen LogP contribution in [0.1, 0.15) is 5.56 Å². The number of anilines is 1. The Kier molecular flexibility index (Phi) is 4.60. The Balaban J connectivity index is 1.87. The second-order valence-electron chi connectivity index (χ2n) is 3.95. The smallest absolute Gasteiger partial charge is 0.298 e. The van der Waals surface area contributed by atoms with Gasteiger partial charge in [0.05, 0.1) is 11.1 Å². The Morgan fingerprint density at radius 3 is 2.43 bits per heavy atom. The molecule has 2 aromatic rings. The molecule has 1 amide bonds. The molecule has 0 radical (unpaired) electrons. The number of hydrogen-bond donors (Lipinski definition) is 1. The maximum absolute atomic E-state index is 11.4. The summed E-state index contributed by atoms with van der Waals surface area (Å²) in [4.78, 5) is 26.0. The van der Waals surface area contributed by atoms with Gasteiger partial charge in [0, 0.05) is 17.8 Å². The van der Waals surface area contributed by atoms with Crippen molar-refractivity contribution in [1.82, 2.24) is 0 Å². The van der Waals surface area contributed by atoms with Gasteiger partial charge in [0.2, 0.25) is 0 Å². The number of hydrogen-bond acceptors (Lipinski definition) is 5. The predicted octanol–water partition coefficient (Wildman–Crippen LogP) is 3.18. The van der Waals surface area contributed by atoms with Gasteiger partial charge in [-0.05, 0) is 29.8 Å². The highest BCUT2D eigenvalue weighted by Gasteiger charge is 2.03. The highest BCUT2D eigenvalue weighted by molar-refractivity contribution is 5.85. The number of oxime groups is 1. The van der Waals surface area contributed by atoms with Crippen LogP contribution in [0.25, 0.3) is 0 Å². The summed E-state index contributed by atoms with van der Waals surface area (Å²) in [7, 11) is 0. The van der Waals surface area contributed by atoms with E-state index >= 15 is 0 Å². The molecule has 0 spiro atoms. The Labute approximate surface area is 120 Å². The summed E-state index contributed by atoms with van der Waals surface area (Å²) in [6.45, 7) is 0. The number of nitro groups is 1. The lowest BCUT2D eigenvalue weighted by molar-refractivity contribution is -0.384. The molecule has 0 atom stereocenters. The quantitative estimate of drug-likeness (QED) is 0.404. The van der Waals surface area contributed by atoms with Crippen LogP contribution in [0.15, 0.2) is 59.8 Å². The van der Waals surface area contributed by atoms with Gasteiger partial charge in [0.25, 0.3) is 5.69 Å². The average Bonchev–Trinajstić information content (AvgIpc) is 2.49. The van der Waals surface area contributed by atoms with E-state index in [1.807, 2.05) is 6.07 Å². The van der Waals surface area contributed by atoms with Crippen molar-refractivity contribution in [1.29, 1.82) is 0 Å². The molecular weight excluding hydrogens is 274 g/mol. The summed E-state index contributed by atoms with van der Waals surface area (Å²) in [5.41, 5.74) is 1.15. The largest absolute Gasteiger partial charge is 0.437 e. The number of carbonyl (C=O) groups excluding carboxylic acids is 1. The van der Waals surface area contributed by atoms with E-state index < -0.39 is 11.0 Å². The first-order valence-corrected chi connectivity index (χ1v) is 5.96. The maximum Gasteiger partial charge on any atom is 0.437 e. The van der Waals surface area contributed by atoms with E-state index in [9.17, 15) is 14.9 Å². The molecule has 7 nitrogen and oxygen atoms in total. The van der Waals surface area contributed by atoms with E-state index in [0.29, 0.717) is 11.3 Å². The minimum atomic E-state index is -0.723. The summed E-state index contributed by atoms with van der Waals surface area (Å²) < 4.78 is 0. The van der Waals surface area contributed by atoms with Crippen LogP contribution in [0.5, 0.6) is 0 Å². The summed E-state index contributed by atoms with van der Waals surface area (Å²) in [5.74, 6) is 0. The number of benzene rings is 2. The molecule has 0 bridgehead atoms. The maximum atomic E-state index is 11.4. The molecule has 0 fully saturated rings. The van der Waals surface area contributed by atoms with E-state index in [1.165, 1.54) is 30.5 Å². The highest BCUT2D eigenvalue weighted by atomic mass is 16.7. The first-order chi connectivity index (χ1) is 10.1. The minimum absolute atomic E-state index is 0.0186. The standard InChI is InChI=1S/C14H11N3O4/c18-14(16-12-4-2-1-3-5-12)21-15-10-11-6-8-13(9-7-11)17(19)20/h1-10H,(H,16,18). The van der Waals surface area contributed by atoms with Crippen molar-refractivity contribution >= 4 is 23.7 Å². The van der Waals surface area contributed by atoms with Crippen molar-refractivity contribution < 1.29 is 14.6 Å². The zero-order valence-corrected chi connectivity index (χ0v) is 10.8. The topological polar surface area (TPSA) is 93.8 Å². The number of nitro benzene ring substituents is 1. The summed E-state index contributed by atoms with van der Waals surface area (Å²) >= 11 is 0. The molecule has 2 aromatic carbocycles. The molecular formula is C14H11N3O4. The van der Waals surface area contributed by atoms with Crippen molar-refractivity contribution in [3.05, 3.63) is 70.3 Å². The zero-order chi connectivity index (χ0) is 15.1. The molecule has 0 saturated carbocycles. The molecule has 0 heterocycles. The van der Waals surface area contributed by atoms with Gasteiger partial charge in [0.1, 0.15) is 0 Å². The molecule has 0 aromatic heterocycles. The molecule has 0 unspecified atom stereocenters. The number of nitrogens with zero attached hydrogens (tertiary/aromatic N) is 2. The third-order valence-corrected chi connectivity index (χ3v) is 2.46. The SMILES string of the molecule is O=C(Nc1ccccc1)ON=Cc1ccc([N+](=O)[O-])cc1. The van der Waals surface area contributed by atoms with E-state index in [-0.39, 0.29) is 5.69 Å². The van der Waals surface area contributed by atoms with Crippen molar-refractivity contribution in [3.8, 4) is 0 Å². The molecule has 0 aliphatic rings. The number of para-hydroxylation sites is 1. The lowest BCUT2D eigenvalue weighted by Gasteiger charge is -2.01. The van der Waals surface area contributed by atoms with Crippen LogP contribution in [-0.4, -0.2) is 17.2 Å². The minimum Gasteiger partial charge on any atom is -0.298 e. The first kappa shape index (κ1) is 14.2. The molecule has 0 saturated heterocycles. The van der Waals surface area contributed by atoms with Gasteiger partial charge in [0.15, 0.2) is 0 Å². The fourth-order valence-electron chi connectivity index (χ4n) is 1.48. The fourth-order valence-corrected chi connectivity index (χ4v) is 1.48. The van der Waals surface area contributed by atoms with Crippen LogP contribution < -0.4 is 5.32 Å². The average molecular weight is 285 g/mol. The molecule has 1 N–H and O–H groups in total. The third kappa shape index (κ3) is 4.43. The van der Waals surface area contributed by atoms with Gasteiger partial charge in [-0.25, -0.2) is 4.79 Å². The monoisotopic (exact) mass is 285 g/mol. The lowest BCUT2D eigenvalue weighted by atomic mass is 10.2. The van der Waals surface area contributed by atoms with Crippen LogP contribution in [0.2, 0.25) is 0 Å². The van der Waals surface area contributed by atoms with Crippen molar-refractivity contribution in [2.75, 3.05) is 5.32 Å². The van der Waals surface area contributed by atoms with Gasteiger partial charge in [-0.3, -0.25) is 20.3 Å². The molecule has 0 aliphatic carbocycles. The Morgan fingerprint density at radius 2 is 1.81 bits per heavy atom. The lowest BCUT2D eigenvalue weighted by Crippen LogP contribution is -2.10. The van der Waals surface area contributed by atoms with Gasteiger partial charge >= 0.3 is 6.09 Å². The van der Waals surface area contributed by atoms with Crippen LogP contribution in [-0.2, 0) is 4.84 Å². The van der Waals surface area contributed by atoms with Gasteiger partial charge in [-0.1, -0.05) is 23.4 Å². The Bertz CT molecular complexity index is 654. The fraction of sp³-hybridized carbons (Fsp3) is 0. The van der Waals surface area contributed by atoms with E-state index in [4.69, 9.17) is 0 Å². The summed E-state index contributed by atoms with van der Waals surface area (Å²) in [5, 5.41) is 16.5. The zero-order valence-electron chi connectivity index (χ0n) is 10.8. The second-order valence-corrected chi connectivity index (χ2v) is 3.95. The molecule has 0 aliphatic heterocycles. The van der Waals surface area contributed by atoms with Crippen molar-refractivity contribution in [3.63, 3.8) is 0 Å². The Morgan fingerprint density at radius 1 is 1.14 bits per heavy atom. The number of non-ortho nitro benzene ring substituents is 1. The van der Waals surface area contributed by atoms with Crippen LogP contribution in [0, 0.1) is 10.1 Å². The van der Waals surface area contributed by atoms with Gasteiger partial charge < -0.3 is 0 Å². The van der Waals surface area contributed by atoms with Crippen LogP contribution in [0.3, 0.4) is 0 Å². The normalized spacial score (nSPS) is 10.3. The number of rotatable bonds is 4. The van der Waals surface area contributed by atoms with Crippen LogP contribution in [0.4, 0.5) is 16.2 Å². The van der Waals surface area contributed by atoms with E-state index in [2.05, 4.69) is 15.3 Å². The first-order valence-electron chi connectivity index (χ1n) is 5.96. The van der Waals surface area contributed by atoms with Gasteiger partial charge in [-0.2, -0.15) is 0 Å². The number of amides is 1. The van der Waals surface area contributed by atoms with Crippen molar-refractivity contribution in [2.45, 2.75) is 0 Å². The molecule has 106 valence electrons. The number of carbonyl (C=O) groups is 1. The van der Waals surface area contributed by atoms with Crippen molar-refractivity contribution in [2.24, 2.45) is 5.16 Å². The Hall–Kier alpha value is -3.22. The molecule has 21 heavy (non-hydrogen) atoms. The molecule has 7 heteroatoms.